The molecule has 6 heteroatoms. The van der Waals surface area contributed by atoms with Crippen LogP contribution < -0.4 is 10.1 Å². The van der Waals surface area contributed by atoms with E-state index < -0.39 is 9.84 Å². The van der Waals surface area contributed by atoms with Crippen LogP contribution in [0.1, 0.15) is 39.0 Å². The lowest BCUT2D eigenvalue weighted by Gasteiger charge is -2.29. The molecule has 0 aromatic heterocycles. The van der Waals surface area contributed by atoms with Gasteiger partial charge in [-0.05, 0) is 43.0 Å². The van der Waals surface area contributed by atoms with Gasteiger partial charge in [-0.3, -0.25) is 4.79 Å². The Hall–Kier alpha value is -1.56. The Morgan fingerprint density at radius 1 is 1.22 bits per heavy atom. The summed E-state index contributed by atoms with van der Waals surface area (Å²) in [6.45, 7) is 2.47. The first-order chi connectivity index (χ1) is 10.9. The molecule has 1 N–H and O–H groups in total. The van der Waals surface area contributed by atoms with Crippen molar-refractivity contribution in [3.05, 3.63) is 24.3 Å². The van der Waals surface area contributed by atoms with Gasteiger partial charge in [-0.15, -0.1) is 0 Å². The molecule has 128 valence electrons. The summed E-state index contributed by atoms with van der Waals surface area (Å²) in [6.07, 6.45) is 6.13. The number of rotatable bonds is 6. The van der Waals surface area contributed by atoms with Crippen LogP contribution in [-0.2, 0) is 14.6 Å². The van der Waals surface area contributed by atoms with E-state index in [2.05, 4.69) is 12.2 Å². The van der Waals surface area contributed by atoms with Crippen molar-refractivity contribution in [2.75, 3.05) is 12.9 Å². The largest absolute Gasteiger partial charge is 0.493 e. The second-order valence-corrected chi connectivity index (χ2v) is 8.29. The zero-order chi connectivity index (χ0) is 16.9. The van der Waals surface area contributed by atoms with Crippen molar-refractivity contribution in [3.63, 3.8) is 0 Å². The van der Waals surface area contributed by atoms with Gasteiger partial charge in [0.25, 0.3) is 0 Å². The van der Waals surface area contributed by atoms with Gasteiger partial charge in [-0.1, -0.05) is 19.8 Å². The van der Waals surface area contributed by atoms with Crippen LogP contribution in [0.4, 0.5) is 0 Å². The lowest BCUT2D eigenvalue weighted by molar-refractivity contribution is -0.122. The third-order valence-electron chi connectivity index (χ3n) is 4.31. The Bertz CT molecular complexity index is 624. The van der Waals surface area contributed by atoms with E-state index in [1.54, 1.807) is 12.1 Å². The molecule has 0 aliphatic heterocycles. The van der Waals surface area contributed by atoms with Crippen molar-refractivity contribution in [2.24, 2.45) is 5.92 Å². The summed E-state index contributed by atoms with van der Waals surface area (Å²) in [4.78, 5) is 12.2. The summed E-state index contributed by atoms with van der Waals surface area (Å²) in [7, 11) is -3.19. The van der Waals surface area contributed by atoms with E-state index in [0.717, 1.165) is 6.42 Å². The Morgan fingerprint density at radius 2 is 1.87 bits per heavy atom. The molecule has 1 aliphatic rings. The van der Waals surface area contributed by atoms with E-state index in [4.69, 9.17) is 4.74 Å². The van der Waals surface area contributed by atoms with Crippen molar-refractivity contribution >= 4 is 15.7 Å². The molecule has 0 spiro atoms. The number of nitrogens with one attached hydrogen (secondary N) is 1. The van der Waals surface area contributed by atoms with Gasteiger partial charge in [0.15, 0.2) is 9.84 Å². The number of carbonyl (C=O) groups excluding carboxylic acids is 1. The molecular formula is C17H25NO4S. The molecule has 2 rings (SSSR count). The molecular weight excluding hydrogens is 314 g/mol. The molecule has 5 nitrogen and oxygen atoms in total. The molecule has 1 fully saturated rings. The molecule has 23 heavy (non-hydrogen) atoms. The molecule has 1 aromatic carbocycles. The van der Waals surface area contributed by atoms with Crippen molar-refractivity contribution in [2.45, 2.75) is 50.0 Å². The van der Waals surface area contributed by atoms with E-state index in [0.29, 0.717) is 18.1 Å². The average molecular weight is 339 g/mol. The number of ether oxygens (including phenoxy) is 1. The first-order valence-electron chi connectivity index (χ1n) is 8.08. The van der Waals surface area contributed by atoms with Crippen LogP contribution >= 0.6 is 0 Å². The van der Waals surface area contributed by atoms with Gasteiger partial charge in [0.2, 0.25) is 5.91 Å². The van der Waals surface area contributed by atoms with Crippen molar-refractivity contribution < 1.29 is 17.9 Å². The fourth-order valence-electron chi connectivity index (χ4n) is 2.85. The lowest BCUT2D eigenvalue weighted by atomic mass is 9.86. The van der Waals surface area contributed by atoms with E-state index in [1.807, 2.05) is 0 Å². The first kappa shape index (κ1) is 17.8. The second kappa shape index (κ2) is 7.81. The minimum Gasteiger partial charge on any atom is -0.493 e. The topological polar surface area (TPSA) is 72.5 Å². The van der Waals surface area contributed by atoms with Gasteiger partial charge in [0, 0.05) is 12.3 Å². The molecule has 0 unspecified atom stereocenters. The summed E-state index contributed by atoms with van der Waals surface area (Å²) in [5, 5.41) is 3.09. The normalized spacial score (nSPS) is 21.7. The van der Waals surface area contributed by atoms with E-state index in [1.165, 1.54) is 37.7 Å². The maximum Gasteiger partial charge on any atom is 0.223 e. The zero-order valence-corrected chi connectivity index (χ0v) is 14.6. The van der Waals surface area contributed by atoms with Crippen LogP contribution in [-0.4, -0.2) is 33.2 Å². The molecule has 1 aliphatic carbocycles. The minimum atomic E-state index is -3.19. The maximum atomic E-state index is 12.0. The van der Waals surface area contributed by atoms with Crippen LogP contribution in [0.25, 0.3) is 0 Å². The molecule has 0 heterocycles. The molecule has 1 amide bonds. The lowest BCUT2D eigenvalue weighted by Crippen LogP contribution is -2.41. The number of sulfone groups is 1. The fraction of sp³-hybridized carbons (Fsp3) is 0.588. The maximum absolute atomic E-state index is 12.0. The van der Waals surface area contributed by atoms with Gasteiger partial charge in [0.05, 0.1) is 17.9 Å². The standard InChI is InChI=1S/C17H25NO4S/c1-13-5-3-4-6-16(13)18-17(19)11-12-22-14-7-9-15(10-8-14)23(2,20)21/h7-10,13,16H,3-6,11-12H2,1-2H3,(H,18,19)/t13-,16-/m0/s1. The third-order valence-corrected chi connectivity index (χ3v) is 5.44. The number of amides is 1. The minimum absolute atomic E-state index is 0.0107. The molecule has 1 saturated carbocycles. The van der Waals surface area contributed by atoms with Crippen LogP contribution in [0, 0.1) is 5.92 Å². The smallest absolute Gasteiger partial charge is 0.223 e. The molecule has 1 aromatic rings. The summed E-state index contributed by atoms with van der Waals surface area (Å²) in [5.41, 5.74) is 0. The number of hydrogen-bond acceptors (Lipinski definition) is 4. The SMILES string of the molecule is C[C@H]1CCCC[C@@H]1NC(=O)CCOc1ccc(S(C)(=O)=O)cc1. The highest BCUT2D eigenvalue weighted by molar-refractivity contribution is 7.90. The number of hydrogen-bond donors (Lipinski definition) is 1. The Balaban J connectivity index is 1.75. The fourth-order valence-corrected chi connectivity index (χ4v) is 3.48. The van der Waals surface area contributed by atoms with Crippen LogP contribution in [0.5, 0.6) is 5.75 Å². The number of benzene rings is 1. The van der Waals surface area contributed by atoms with E-state index in [-0.39, 0.29) is 23.5 Å². The summed E-state index contributed by atoms with van der Waals surface area (Å²) in [5.74, 6) is 1.12. The molecule has 0 radical (unpaired) electrons. The average Bonchev–Trinajstić information content (AvgIpc) is 2.49. The van der Waals surface area contributed by atoms with Crippen LogP contribution in [0.15, 0.2) is 29.2 Å². The second-order valence-electron chi connectivity index (χ2n) is 6.28. The Labute approximate surface area is 138 Å². The van der Waals surface area contributed by atoms with Crippen LogP contribution in [0.3, 0.4) is 0 Å². The molecule has 0 bridgehead atoms. The van der Waals surface area contributed by atoms with Crippen molar-refractivity contribution in [1.29, 1.82) is 0 Å². The van der Waals surface area contributed by atoms with Gasteiger partial charge in [0.1, 0.15) is 5.75 Å². The molecule has 0 saturated heterocycles. The quantitative estimate of drug-likeness (QED) is 0.864. The highest BCUT2D eigenvalue weighted by Gasteiger charge is 2.22. The van der Waals surface area contributed by atoms with E-state index >= 15 is 0 Å². The van der Waals surface area contributed by atoms with E-state index in [9.17, 15) is 13.2 Å². The highest BCUT2D eigenvalue weighted by Crippen LogP contribution is 2.23. The predicted molar refractivity (Wildman–Crippen MR) is 89.2 cm³/mol. The van der Waals surface area contributed by atoms with Crippen molar-refractivity contribution in [3.8, 4) is 5.75 Å². The Morgan fingerprint density at radius 3 is 2.48 bits per heavy atom. The number of carbonyl (C=O) groups is 1. The summed E-state index contributed by atoms with van der Waals surface area (Å²) in [6, 6.07) is 6.52. The predicted octanol–water partition coefficient (Wildman–Crippen LogP) is 2.55. The Kier molecular flexibility index (Phi) is 6.04. The summed E-state index contributed by atoms with van der Waals surface area (Å²) >= 11 is 0. The van der Waals surface area contributed by atoms with Crippen molar-refractivity contribution in [1.82, 2.24) is 5.32 Å². The summed E-state index contributed by atoms with van der Waals surface area (Å²) < 4.78 is 28.2. The first-order valence-corrected chi connectivity index (χ1v) is 9.97. The van der Waals surface area contributed by atoms with Gasteiger partial charge < -0.3 is 10.1 Å². The van der Waals surface area contributed by atoms with Crippen LogP contribution in [0.2, 0.25) is 0 Å². The highest BCUT2D eigenvalue weighted by atomic mass is 32.2. The third kappa shape index (κ3) is 5.53. The molecule has 2 atom stereocenters. The van der Waals surface area contributed by atoms with Gasteiger partial charge in [-0.2, -0.15) is 0 Å². The zero-order valence-electron chi connectivity index (χ0n) is 13.7. The monoisotopic (exact) mass is 339 g/mol. The van der Waals surface area contributed by atoms with Gasteiger partial charge >= 0.3 is 0 Å². The van der Waals surface area contributed by atoms with Gasteiger partial charge in [-0.25, -0.2) is 8.42 Å².